The maximum atomic E-state index is 12.8. The smallest absolute Gasteiger partial charge is 0.408 e. The predicted molar refractivity (Wildman–Crippen MR) is 90.3 cm³/mol. The van der Waals surface area contributed by atoms with Crippen molar-refractivity contribution in [1.29, 1.82) is 0 Å². The van der Waals surface area contributed by atoms with Gasteiger partial charge in [-0.25, -0.2) is 4.79 Å². The van der Waals surface area contributed by atoms with E-state index in [2.05, 4.69) is 5.32 Å². The van der Waals surface area contributed by atoms with E-state index in [-0.39, 0.29) is 17.7 Å². The third-order valence-corrected chi connectivity index (χ3v) is 4.60. The summed E-state index contributed by atoms with van der Waals surface area (Å²) in [4.78, 5) is 38.9. The first-order chi connectivity index (χ1) is 11.3. The van der Waals surface area contributed by atoms with Crippen molar-refractivity contribution in [3.8, 4) is 0 Å². The lowest BCUT2D eigenvalue weighted by Crippen LogP contribution is -2.51. The molecule has 0 aromatic carbocycles. The van der Waals surface area contributed by atoms with E-state index >= 15 is 0 Å². The molecule has 2 fully saturated rings. The lowest BCUT2D eigenvalue weighted by molar-refractivity contribution is -0.149. The summed E-state index contributed by atoms with van der Waals surface area (Å²) >= 11 is 0. The Bertz CT molecular complexity index is 478. The van der Waals surface area contributed by atoms with E-state index in [4.69, 9.17) is 4.74 Å². The Hall–Kier alpha value is -1.59. The van der Waals surface area contributed by atoms with Crippen LogP contribution in [-0.4, -0.2) is 41.0 Å². The molecule has 1 heterocycles. The summed E-state index contributed by atoms with van der Waals surface area (Å²) in [6, 6.07) is -0.671. The molecule has 6 nitrogen and oxygen atoms in total. The van der Waals surface area contributed by atoms with Crippen LogP contribution in [-0.2, 0) is 14.3 Å². The average molecular weight is 338 g/mol. The largest absolute Gasteiger partial charge is 0.444 e. The number of hydrogen-bond donors (Lipinski definition) is 1. The molecule has 1 atom stereocenters. The zero-order valence-corrected chi connectivity index (χ0v) is 15.1. The topological polar surface area (TPSA) is 75.7 Å². The fraction of sp³-hybridized carbons (Fsp3) is 0.833. The first-order valence-corrected chi connectivity index (χ1v) is 9.12. The van der Waals surface area contributed by atoms with Gasteiger partial charge in [-0.15, -0.1) is 0 Å². The van der Waals surface area contributed by atoms with Gasteiger partial charge in [0, 0.05) is 12.5 Å². The van der Waals surface area contributed by atoms with Crippen LogP contribution in [0.4, 0.5) is 4.79 Å². The van der Waals surface area contributed by atoms with Gasteiger partial charge >= 0.3 is 6.09 Å². The zero-order valence-electron chi connectivity index (χ0n) is 15.1. The first kappa shape index (κ1) is 18.7. The molecule has 24 heavy (non-hydrogen) atoms. The molecule has 3 amide bonds. The highest BCUT2D eigenvalue weighted by molar-refractivity contribution is 6.00. The van der Waals surface area contributed by atoms with Crippen LogP contribution in [0, 0.1) is 5.92 Å². The molecular weight excluding hydrogens is 308 g/mol. The Labute approximate surface area is 144 Å². The maximum Gasteiger partial charge on any atom is 0.408 e. The highest BCUT2D eigenvalue weighted by atomic mass is 16.6. The van der Waals surface area contributed by atoms with Gasteiger partial charge in [-0.1, -0.05) is 19.3 Å². The molecule has 0 radical (unpaired) electrons. The van der Waals surface area contributed by atoms with Crippen LogP contribution < -0.4 is 5.32 Å². The number of likely N-dealkylation sites (tertiary alicyclic amines) is 1. The SMILES string of the molecule is CC(C)(C)OC(=O)N[C@H]1CCCCN(C(=O)C2CCCCC2)C1=O. The van der Waals surface area contributed by atoms with Gasteiger partial charge in [0.15, 0.2) is 0 Å². The number of imide groups is 1. The summed E-state index contributed by atoms with van der Waals surface area (Å²) in [5, 5.41) is 2.65. The quantitative estimate of drug-likeness (QED) is 0.785. The number of nitrogens with zero attached hydrogens (tertiary/aromatic N) is 1. The number of amides is 3. The summed E-state index contributed by atoms with van der Waals surface area (Å²) in [6.07, 6.45) is 6.55. The van der Waals surface area contributed by atoms with Crippen molar-refractivity contribution in [1.82, 2.24) is 10.2 Å². The molecule has 2 rings (SSSR count). The molecule has 0 unspecified atom stereocenters. The number of alkyl carbamates (subject to hydrolysis) is 1. The van der Waals surface area contributed by atoms with Crippen LogP contribution in [0.1, 0.15) is 72.1 Å². The Kier molecular flexibility index (Phi) is 6.24. The molecule has 6 heteroatoms. The van der Waals surface area contributed by atoms with Crippen molar-refractivity contribution < 1.29 is 19.1 Å². The second kappa shape index (κ2) is 7.99. The zero-order chi connectivity index (χ0) is 17.7. The minimum absolute atomic E-state index is 0.0389. The van der Waals surface area contributed by atoms with Crippen molar-refractivity contribution in [3.63, 3.8) is 0 Å². The second-order valence-electron chi connectivity index (χ2n) is 7.86. The highest BCUT2D eigenvalue weighted by Gasteiger charge is 2.36. The summed E-state index contributed by atoms with van der Waals surface area (Å²) in [5.41, 5.74) is -0.616. The van der Waals surface area contributed by atoms with E-state index in [1.54, 1.807) is 20.8 Å². The van der Waals surface area contributed by atoms with Crippen molar-refractivity contribution in [2.75, 3.05) is 6.54 Å². The monoisotopic (exact) mass is 338 g/mol. The van der Waals surface area contributed by atoms with Gasteiger partial charge in [-0.3, -0.25) is 14.5 Å². The van der Waals surface area contributed by atoms with Crippen LogP contribution >= 0.6 is 0 Å². The third-order valence-electron chi connectivity index (χ3n) is 4.60. The molecule has 1 saturated heterocycles. The fourth-order valence-corrected chi connectivity index (χ4v) is 3.41. The minimum atomic E-state index is -0.671. The summed E-state index contributed by atoms with van der Waals surface area (Å²) in [6.45, 7) is 5.79. The number of nitrogens with one attached hydrogen (secondary N) is 1. The molecule has 136 valence electrons. The summed E-state index contributed by atoms with van der Waals surface area (Å²) < 4.78 is 5.24. The molecule has 1 aliphatic carbocycles. The molecule has 0 bridgehead atoms. The van der Waals surface area contributed by atoms with Gasteiger partial charge in [-0.05, 0) is 52.9 Å². The molecule has 0 aromatic rings. The highest BCUT2D eigenvalue weighted by Crippen LogP contribution is 2.27. The van der Waals surface area contributed by atoms with Gasteiger partial charge < -0.3 is 10.1 Å². The summed E-state index contributed by atoms with van der Waals surface area (Å²) in [5.74, 6) is -0.380. The fourth-order valence-electron chi connectivity index (χ4n) is 3.41. The lowest BCUT2D eigenvalue weighted by atomic mass is 9.88. The van der Waals surface area contributed by atoms with E-state index in [1.165, 1.54) is 11.3 Å². The molecule has 0 aromatic heterocycles. The van der Waals surface area contributed by atoms with Crippen molar-refractivity contribution in [2.24, 2.45) is 5.92 Å². The van der Waals surface area contributed by atoms with Gasteiger partial charge in [0.1, 0.15) is 11.6 Å². The van der Waals surface area contributed by atoms with Crippen LogP contribution in [0.15, 0.2) is 0 Å². The summed E-state index contributed by atoms with van der Waals surface area (Å²) in [7, 11) is 0. The van der Waals surface area contributed by atoms with Crippen LogP contribution in [0.5, 0.6) is 0 Å². The van der Waals surface area contributed by atoms with Crippen LogP contribution in [0.2, 0.25) is 0 Å². The van der Waals surface area contributed by atoms with Crippen LogP contribution in [0.3, 0.4) is 0 Å². The number of ether oxygens (including phenoxy) is 1. The van der Waals surface area contributed by atoms with Crippen molar-refractivity contribution >= 4 is 17.9 Å². The molecule has 1 aliphatic heterocycles. The number of carbonyl (C=O) groups is 3. The molecule has 1 saturated carbocycles. The molecule has 2 aliphatic rings. The van der Waals surface area contributed by atoms with E-state index in [0.29, 0.717) is 13.0 Å². The van der Waals surface area contributed by atoms with Gasteiger partial charge in [0.2, 0.25) is 5.91 Å². The number of carbonyl (C=O) groups excluding carboxylic acids is 3. The number of hydrogen-bond acceptors (Lipinski definition) is 4. The Morgan fingerprint density at radius 3 is 2.29 bits per heavy atom. The second-order valence-corrected chi connectivity index (χ2v) is 7.86. The first-order valence-electron chi connectivity index (χ1n) is 9.12. The van der Waals surface area contributed by atoms with Crippen molar-refractivity contribution in [3.05, 3.63) is 0 Å². The van der Waals surface area contributed by atoms with E-state index < -0.39 is 17.7 Å². The van der Waals surface area contributed by atoms with E-state index in [1.807, 2.05) is 0 Å². The standard InChI is InChI=1S/C18H30N2O4/c1-18(2,3)24-17(23)19-14-11-7-8-12-20(16(14)22)15(21)13-9-5-4-6-10-13/h13-14H,4-12H2,1-3H3,(H,19,23)/t14-/m0/s1. The van der Waals surface area contributed by atoms with Gasteiger partial charge in [0.25, 0.3) is 5.91 Å². The Morgan fingerprint density at radius 1 is 1.04 bits per heavy atom. The third kappa shape index (κ3) is 5.21. The number of rotatable bonds is 2. The van der Waals surface area contributed by atoms with Crippen LogP contribution in [0.25, 0.3) is 0 Å². The van der Waals surface area contributed by atoms with Crippen molar-refractivity contribution in [2.45, 2.75) is 83.8 Å². The van der Waals surface area contributed by atoms with Gasteiger partial charge in [0.05, 0.1) is 0 Å². The Balaban J connectivity index is 2.01. The molecule has 0 spiro atoms. The maximum absolute atomic E-state index is 12.8. The normalized spacial score (nSPS) is 23.5. The Morgan fingerprint density at radius 2 is 1.67 bits per heavy atom. The molecule has 1 N–H and O–H groups in total. The van der Waals surface area contributed by atoms with Gasteiger partial charge in [-0.2, -0.15) is 0 Å². The molecular formula is C18H30N2O4. The lowest BCUT2D eigenvalue weighted by Gasteiger charge is -2.29. The average Bonchev–Trinajstić information content (AvgIpc) is 2.68. The predicted octanol–water partition coefficient (Wildman–Crippen LogP) is 3.00. The minimum Gasteiger partial charge on any atom is -0.444 e. The van der Waals surface area contributed by atoms with E-state index in [9.17, 15) is 14.4 Å². The van der Waals surface area contributed by atoms with E-state index in [0.717, 1.165) is 38.5 Å².